The van der Waals surface area contributed by atoms with Crippen LogP contribution in [-0.2, 0) is 11.2 Å². The summed E-state index contributed by atoms with van der Waals surface area (Å²) in [4.78, 5) is 26.1. The molecule has 26 heavy (non-hydrogen) atoms. The smallest absolute Gasteiger partial charge is 0.256 e. The quantitative estimate of drug-likeness (QED) is 0.914. The molecule has 1 saturated heterocycles. The van der Waals surface area contributed by atoms with Crippen molar-refractivity contribution >= 4 is 11.8 Å². The highest BCUT2D eigenvalue weighted by Gasteiger charge is 2.25. The van der Waals surface area contributed by atoms with Gasteiger partial charge in [0.25, 0.3) is 5.91 Å². The third-order valence-corrected chi connectivity index (χ3v) is 4.53. The van der Waals surface area contributed by atoms with Gasteiger partial charge in [-0.15, -0.1) is 0 Å². The Morgan fingerprint density at radius 2 is 1.65 bits per heavy atom. The van der Waals surface area contributed by atoms with E-state index in [1.165, 1.54) is 24.3 Å². The van der Waals surface area contributed by atoms with Crippen molar-refractivity contribution in [2.45, 2.75) is 25.3 Å². The van der Waals surface area contributed by atoms with E-state index < -0.39 is 5.82 Å². The number of nitrogens with one attached hydrogen (secondary N) is 1. The predicted molar refractivity (Wildman–Crippen MR) is 93.6 cm³/mol. The molecule has 4 nitrogen and oxygen atoms in total. The first-order valence-corrected chi connectivity index (χ1v) is 8.60. The molecule has 2 aromatic carbocycles. The molecular formula is C20H20F2N2O2. The fourth-order valence-electron chi connectivity index (χ4n) is 3.10. The zero-order chi connectivity index (χ0) is 18.5. The summed E-state index contributed by atoms with van der Waals surface area (Å²) in [5, 5.41) is 2.95. The highest BCUT2D eigenvalue weighted by Crippen LogP contribution is 2.16. The van der Waals surface area contributed by atoms with Gasteiger partial charge >= 0.3 is 0 Å². The highest BCUT2D eigenvalue weighted by molar-refractivity contribution is 5.94. The Labute approximate surface area is 150 Å². The number of amides is 2. The van der Waals surface area contributed by atoms with Gasteiger partial charge in [-0.05, 0) is 42.7 Å². The number of hydrogen-bond donors (Lipinski definition) is 1. The molecule has 0 spiro atoms. The van der Waals surface area contributed by atoms with Crippen molar-refractivity contribution in [3.8, 4) is 0 Å². The standard InChI is InChI=1S/C20H20F2N2O2/c21-15-7-5-14(6-8-15)13-19(25)23-16-9-11-24(12-10-16)20(26)17-3-1-2-4-18(17)22/h1-8,16H,9-13H2,(H,23,25). The first-order valence-electron chi connectivity index (χ1n) is 8.60. The fraction of sp³-hybridized carbons (Fsp3) is 0.300. The minimum absolute atomic E-state index is 0.0207. The lowest BCUT2D eigenvalue weighted by Crippen LogP contribution is -2.47. The van der Waals surface area contributed by atoms with Crippen molar-refractivity contribution in [2.24, 2.45) is 0 Å². The summed E-state index contributed by atoms with van der Waals surface area (Å²) in [6.45, 7) is 0.934. The number of benzene rings is 2. The first-order chi connectivity index (χ1) is 12.5. The van der Waals surface area contributed by atoms with Crippen molar-refractivity contribution in [3.63, 3.8) is 0 Å². The second-order valence-corrected chi connectivity index (χ2v) is 6.42. The molecule has 1 heterocycles. The number of hydrogen-bond acceptors (Lipinski definition) is 2. The minimum atomic E-state index is -0.521. The van der Waals surface area contributed by atoms with Crippen LogP contribution < -0.4 is 5.32 Å². The molecule has 1 aliphatic rings. The Morgan fingerprint density at radius 3 is 2.31 bits per heavy atom. The maximum atomic E-state index is 13.7. The zero-order valence-electron chi connectivity index (χ0n) is 14.3. The lowest BCUT2D eigenvalue weighted by atomic mass is 10.0. The Morgan fingerprint density at radius 1 is 1.00 bits per heavy atom. The molecule has 3 rings (SSSR count). The zero-order valence-corrected chi connectivity index (χ0v) is 14.3. The molecule has 0 radical (unpaired) electrons. The third-order valence-electron chi connectivity index (χ3n) is 4.53. The van der Waals surface area contributed by atoms with Crippen LogP contribution in [0.1, 0.15) is 28.8 Å². The van der Waals surface area contributed by atoms with Gasteiger partial charge in [0, 0.05) is 19.1 Å². The van der Waals surface area contributed by atoms with Crippen LogP contribution in [0, 0.1) is 11.6 Å². The van der Waals surface area contributed by atoms with Gasteiger partial charge in [0.05, 0.1) is 12.0 Å². The van der Waals surface area contributed by atoms with Crippen LogP contribution in [0.3, 0.4) is 0 Å². The van der Waals surface area contributed by atoms with E-state index >= 15 is 0 Å². The SMILES string of the molecule is O=C(Cc1ccc(F)cc1)NC1CCN(C(=O)c2ccccc2F)CC1. The van der Waals surface area contributed by atoms with Crippen LogP contribution in [0.2, 0.25) is 0 Å². The molecule has 2 aromatic rings. The molecule has 2 amide bonds. The molecule has 0 aromatic heterocycles. The third kappa shape index (κ3) is 4.45. The molecule has 6 heteroatoms. The Balaban J connectivity index is 1.49. The van der Waals surface area contributed by atoms with Gasteiger partial charge in [-0.3, -0.25) is 9.59 Å². The molecule has 0 aliphatic carbocycles. The monoisotopic (exact) mass is 358 g/mol. The Hall–Kier alpha value is -2.76. The molecule has 1 aliphatic heterocycles. The van der Waals surface area contributed by atoms with Gasteiger partial charge in [-0.25, -0.2) is 8.78 Å². The van der Waals surface area contributed by atoms with Gasteiger partial charge in [0.2, 0.25) is 5.91 Å². The van der Waals surface area contributed by atoms with Gasteiger partial charge in [0.15, 0.2) is 0 Å². The highest BCUT2D eigenvalue weighted by atomic mass is 19.1. The Kier molecular flexibility index (Phi) is 5.61. The van der Waals surface area contributed by atoms with Crippen LogP contribution in [0.5, 0.6) is 0 Å². The van der Waals surface area contributed by atoms with Crippen molar-refractivity contribution in [1.82, 2.24) is 10.2 Å². The molecule has 1 fully saturated rings. The second kappa shape index (κ2) is 8.08. The average molecular weight is 358 g/mol. The summed E-state index contributed by atoms with van der Waals surface area (Å²) in [7, 11) is 0. The molecular weight excluding hydrogens is 338 g/mol. The number of likely N-dealkylation sites (tertiary alicyclic amines) is 1. The van der Waals surface area contributed by atoms with E-state index in [4.69, 9.17) is 0 Å². The van der Waals surface area contributed by atoms with Crippen molar-refractivity contribution in [1.29, 1.82) is 0 Å². The molecule has 0 bridgehead atoms. The van der Waals surface area contributed by atoms with Gasteiger partial charge in [-0.1, -0.05) is 24.3 Å². The van der Waals surface area contributed by atoms with E-state index in [1.807, 2.05) is 0 Å². The second-order valence-electron chi connectivity index (χ2n) is 6.42. The molecule has 0 unspecified atom stereocenters. The number of halogens is 2. The van der Waals surface area contributed by atoms with Crippen LogP contribution in [-0.4, -0.2) is 35.8 Å². The molecule has 0 atom stereocenters. The number of rotatable bonds is 4. The van der Waals surface area contributed by atoms with Crippen molar-refractivity contribution in [2.75, 3.05) is 13.1 Å². The molecule has 0 saturated carbocycles. The topological polar surface area (TPSA) is 49.4 Å². The van der Waals surface area contributed by atoms with E-state index in [1.54, 1.807) is 29.2 Å². The van der Waals surface area contributed by atoms with E-state index in [9.17, 15) is 18.4 Å². The summed E-state index contributed by atoms with van der Waals surface area (Å²) in [6.07, 6.45) is 1.43. The number of nitrogens with zero attached hydrogens (tertiary/aromatic N) is 1. The average Bonchev–Trinajstić information content (AvgIpc) is 2.64. The summed E-state index contributed by atoms with van der Waals surface area (Å²) < 4.78 is 26.6. The largest absolute Gasteiger partial charge is 0.353 e. The maximum absolute atomic E-state index is 13.7. The summed E-state index contributed by atoms with van der Waals surface area (Å²) in [5.41, 5.74) is 0.822. The molecule has 136 valence electrons. The van der Waals surface area contributed by atoms with Crippen molar-refractivity contribution in [3.05, 3.63) is 71.3 Å². The fourth-order valence-corrected chi connectivity index (χ4v) is 3.10. The van der Waals surface area contributed by atoms with E-state index in [-0.39, 0.29) is 35.7 Å². The lowest BCUT2D eigenvalue weighted by molar-refractivity contribution is -0.121. The number of carbonyl (C=O) groups excluding carboxylic acids is 2. The summed E-state index contributed by atoms with van der Waals surface area (Å²) >= 11 is 0. The Bertz CT molecular complexity index is 785. The van der Waals surface area contributed by atoms with E-state index in [0.717, 1.165) is 5.56 Å². The lowest BCUT2D eigenvalue weighted by Gasteiger charge is -2.32. The maximum Gasteiger partial charge on any atom is 0.256 e. The summed E-state index contributed by atoms with van der Waals surface area (Å²) in [5.74, 6) is -1.30. The predicted octanol–water partition coefficient (Wildman–Crippen LogP) is 2.93. The normalized spacial score (nSPS) is 14.9. The van der Waals surface area contributed by atoms with Crippen LogP contribution in [0.15, 0.2) is 48.5 Å². The van der Waals surface area contributed by atoms with Gasteiger partial charge in [-0.2, -0.15) is 0 Å². The van der Waals surface area contributed by atoms with Gasteiger partial charge in [0.1, 0.15) is 11.6 Å². The summed E-state index contributed by atoms with van der Waals surface area (Å²) in [6, 6.07) is 11.8. The van der Waals surface area contributed by atoms with Gasteiger partial charge < -0.3 is 10.2 Å². The molecule has 1 N–H and O–H groups in total. The first kappa shape index (κ1) is 18.0. The number of piperidine rings is 1. The minimum Gasteiger partial charge on any atom is -0.353 e. The van der Waals surface area contributed by atoms with E-state index in [2.05, 4.69) is 5.32 Å². The van der Waals surface area contributed by atoms with Crippen molar-refractivity contribution < 1.29 is 18.4 Å². The van der Waals surface area contributed by atoms with E-state index in [0.29, 0.717) is 25.9 Å². The van der Waals surface area contributed by atoms with Crippen LogP contribution in [0.25, 0.3) is 0 Å². The number of carbonyl (C=O) groups is 2. The van der Waals surface area contributed by atoms with Crippen LogP contribution in [0.4, 0.5) is 8.78 Å². The van der Waals surface area contributed by atoms with Crippen LogP contribution >= 0.6 is 0 Å².